The molecule has 0 saturated heterocycles. The maximum atomic E-state index is 12.8. The van der Waals surface area contributed by atoms with Crippen LogP contribution in [-0.2, 0) is 18.0 Å². The normalized spacial score (nSPS) is 10.8. The summed E-state index contributed by atoms with van der Waals surface area (Å²) >= 11 is 0. The Morgan fingerprint density at radius 2 is 2.06 bits per heavy atom. The third-order valence-electron chi connectivity index (χ3n) is 2.42. The third kappa shape index (κ3) is 2.35. The second-order valence-electron chi connectivity index (χ2n) is 3.53. The van der Waals surface area contributed by atoms with Crippen LogP contribution in [0.5, 0.6) is 0 Å². The lowest BCUT2D eigenvalue weighted by molar-refractivity contribution is 0.152. The van der Waals surface area contributed by atoms with E-state index in [9.17, 15) is 9.50 Å². The van der Waals surface area contributed by atoms with E-state index >= 15 is 0 Å². The van der Waals surface area contributed by atoms with Gasteiger partial charge in [0.2, 0.25) is 0 Å². The number of benzene rings is 1. The van der Waals surface area contributed by atoms with E-state index in [-0.39, 0.29) is 19.0 Å². The molecule has 0 unspecified atom stereocenters. The van der Waals surface area contributed by atoms with Gasteiger partial charge in [0.1, 0.15) is 18.1 Å². The van der Waals surface area contributed by atoms with Crippen molar-refractivity contribution in [3.8, 4) is 11.3 Å². The largest absolute Gasteiger partial charge is 0.391 e. The molecule has 2 rings (SSSR count). The second kappa shape index (κ2) is 5.07. The van der Waals surface area contributed by atoms with Crippen molar-refractivity contribution >= 4 is 0 Å². The molecule has 0 atom stereocenters. The average Bonchev–Trinajstić information content (AvgIpc) is 2.73. The zero-order valence-corrected chi connectivity index (χ0v) is 9.31. The van der Waals surface area contributed by atoms with E-state index in [1.165, 1.54) is 19.2 Å². The van der Waals surface area contributed by atoms with Crippen molar-refractivity contribution in [3.05, 3.63) is 41.4 Å². The summed E-state index contributed by atoms with van der Waals surface area (Å²) in [6.45, 7) is 0.0407. The Hall–Kier alpha value is -1.72. The fraction of sp³-hybridized carbons (Fsp3) is 0.250. The third-order valence-corrected chi connectivity index (χ3v) is 2.42. The number of hydrogen-bond acceptors (Lipinski definition) is 4. The van der Waals surface area contributed by atoms with Crippen LogP contribution in [0.3, 0.4) is 0 Å². The van der Waals surface area contributed by atoms with Crippen LogP contribution in [0.15, 0.2) is 28.8 Å². The van der Waals surface area contributed by atoms with Crippen molar-refractivity contribution in [2.75, 3.05) is 7.11 Å². The highest BCUT2D eigenvalue weighted by Gasteiger charge is 2.16. The summed E-state index contributed by atoms with van der Waals surface area (Å²) in [7, 11) is 1.53. The van der Waals surface area contributed by atoms with E-state index in [0.29, 0.717) is 22.6 Å². The molecule has 0 aliphatic rings. The van der Waals surface area contributed by atoms with Gasteiger partial charge < -0.3 is 14.4 Å². The van der Waals surface area contributed by atoms with Crippen molar-refractivity contribution in [1.82, 2.24) is 5.16 Å². The molecule has 2 aromatic rings. The first kappa shape index (κ1) is 11.8. The highest BCUT2D eigenvalue weighted by Crippen LogP contribution is 2.26. The van der Waals surface area contributed by atoms with E-state index < -0.39 is 0 Å². The zero-order valence-electron chi connectivity index (χ0n) is 9.31. The Morgan fingerprint density at radius 1 is 1.35 bits per heavy atom. The SMILES string of the molecule is COCc1onc(-c2ccc(F)cc2)c1CO. The molecule has 0 spiro atoms. The van der Waals surface area contributed by atoms with Crippen molar-refractivity contribution in [1.29, 1.82) is 0 Å². The Bertz CT molecular complexity index is 493. The lowest BCUT2D eigenvalue weighted by Crippen LogP contribution is -1.93. The molecule has 1 N–H and O–H groups in total. The minimum Gasteiger partial charge on any atom is -0.391 e. The zero-order chi connectivity index (χ0) is 12.3. The van der Waals surface area contributed by atoms with E-state index in [4.69, 9.17) is 9.26 Å². The first-order valence-corrected chi connectivity index (χ1v) is 5.09. The fourth-order valence-corrected chi connectivity index (χ4v) is 1.59. The van der Waals surface area contributed by atoms with Gasteiger partial charge in [-0.15, -0.1) is 0 Å². The molecule has 1 heterocycles. The lowest BCUT2D eigenvalue weighted by Gasteiger charge is -2.00. The highest BCUT2D eigenvalue weighted by molar-refractivity contribution is 5.63. The molecule has 1 aromatic heterocycles. The van der Waals surface area contributed by atoms with Crippen LogP contribution < -0.4 is 0 Å². The summed E-state index contributed by atoms with van der Waals surface area (Å²) in [6.07, 6.45) is 0. The number of halogens is 1. The Morgan fingerprint density at radius 3 is 2.65 bits per heavy atom. The van der Waals surface area contributed by atoms with Gasteiger partial charge in [-0.3, -0.25) is 0 Å². The predicted octanol–water partition coefficient (Wildman–Crippen LogP) is 2.12. The molecule has 0 aliphatic heterocycles. The van der Waals surface area contributed by atoms with Crippen LogP contribution in [0.4, 0.5) is 4.39 Å². The Kier molecular flexibility index (Phi) is 3.51. The maximum Gasteiger partial charge on any atom is 0.168 e. The number of hydrogen-bond donors (Lipinski definition) is 1. The van der Waals surface area contributed by atoms with Gasteiger partial charge in [-0.05, 0) is 24.3 Å². The van der Waals surface area contributed by atoms with Crippen LogP contribution in [-0.4, -0.2) is 17.4 Å². The van der Waals surface area contributed by atoms with E-state index in [0.717, 1.165) is 0 Å². The van der Waals surface area contributed by atoms with E-state index in [1.54, 1.807) is 12.1 Å². The number of aliphatic hydroxyl groups excluding tert-OH is 1. The van der Waals surface area contributed by atoms with Gasteiger partial charge in [-0.25, -0.2) is 4.39 Å². The molecule has 0 radical (unpaired) electrons. The smallest absolute Gasteiger partial charge is 0.168 e. The average molecular weight is 237 g/mol. The fourth-order valence-electron chi connectivity index (χ4n) is 1.59. The van der Waals surface area contributed by atoms with Gasteiger partial charge in [0.05, 0.1) is 12.2 Å². The monoisotopic (exact) mass is 237 g/mol. The van der Waals surface area contributed by atoms with Crippen LogP contribution >= 0.6 is 0 Å². The number of ether oxygens (including phenoxy) is 1. The minimum atomic E-state index is -0.320. The molecule has 90 valence electrons. The molecule has 0 aliphatic carbocycles. The summed E-state index contributed by atoms with van der Waals surface area (Å²) in [5.41, 5.74) is 1.78. The molecule has 4 nitrogen and oxygen atoms in total. The summed E-state index contributed by atoms with van der Waals surface area (Å²) < 4.78 is 22.8. The van der Waals surface area contributed by atoms with Gasteiger partial charge in [0.25, 0.3) is 0 Å². The van der Waals surface area contributed by atoms with Gasteiger partial charge >= 0.3 is 0 Å². The van der Waals surface area contributed by atoms with E-state index in [2.05, 4.69) is 5.16 Å². The summed E-state index contributed by atoms with van der Waals surface area (Å²) in [6, 6.07) is 5.84. The van der Waals surface area contributed by atoms with Crippen LogP contribution in [0.25, 0.3) is 11.3 Å². The van der Waals surface area contributed by atoms with Crippen LogP contribution in [0, 0.1) is 5.82 Å². The number of rotatable bonds is 4. The second-order valence-corrected chi connectivity index (χ2v) is 3.53. The first-order valence-electron chi connectivity index (χ1n) is 5.09. The molecule has 0 amide bonds. The van der Waals surface area contributed by atoms with Gasteiger partial charge in [0, 0.05) is 12.7 Å². The van der Waals surface area contributed by atoms with Gasteiger partial charge in [-0.1, -0.05) is 5.16 Å². The van der Waals surface area contributed by atoms with Crippen molar-refractivity contribution in [2.45, 2.75) is 13.2 Å². The molecule has 1 aromatic carbocycles. The number of nitrogens with zero attached hydrogens (tertiary/aromatic N) is 1. The lowest BCUT2D eigenvalue weighted by atomic mass is 10.1. The molecule has 0 saturated carbocycles. The van der Waals surface area contributed by atoms with Crippen molar-refractivity contribution in [3.63, 3.8) is 0 Å². The van der Waals surface area contributed by atoms with Gasteiger partial charge in [-0.2, -0.15) is 0 Å². The molecular formula is C12H12FNO3. The maximum absolute atomic E-state index is 12.8. The number of aliphatic hydroxyl groups is 1. The van der Waals surface area contributed by atoms with Crippen LogP contribution in [0.2, 0.25) is 0 Å². The summed E-state index contributed by atoms with van der Waals surface area (Å²) in [5.74, 6) is 0.161. The Balaban J connectivity index is 2.41. The highest BCUT2D eigenvalue weighted by atomic mass is 19.1. The Labute approximate surface area is 97.6 Å². The summed E-state index contributed by atoms with van der Waals surface area (Å²) in [5, 5.41) is 13.2. The van der Waals surface area contributed by atoms with Gasteiger partial charge in [0.15, 0.2) is 5.76 Å². The number of methoxy groups -OCH3 is 1. The molecule has 0 fully saturated rings. The van der Waals surface area contributed by atoms with Crippen molar-refractivity contribution < 1.29 is 18.8 Å². The molecular weight excluding hydrogens is 225 g/mol. The number of aromatic nitrogens is 1. The minimum absolute atomic E-state index is 0.200. The molecule has 5 heteroatoms. The molecule has 17 heavy (non-hydrogen) atoms. The molecule has 0 bridgehead atoms. The first-order chi connectivity index (χ1) is 8.26. The van der Waals surface area contributed by atoms with Crippen LogP contribution in [0.1, 0.15) is 11.3 Å². The topological polar surface area (TPSA) is 55.5 Å². The standard InChI is InChI=1S/C12H12FNO3/c1-16-7-11-10(6-15)12(14-17-11)8-2-4-9(13)5-3-8/h2-5,15H,6-7H2,1H3. The predicted molar refractivity (Wildman–Crippen MR) is 58.5 cm³/mol. The van der Waals surface area contributed by atoms with Crippen molar-refractivity contribution in [2.24, 2.45) is 0 Å². The quantitative estimate of drug-likeness (QED) is 0.884. The van der Waals surface area contributed by atoms with E-state index in [1.807, 2.05) is 0 Å². The summed E-state index contributed by atoms with van der Waals surface area (Å²) in [4.78, 5) is 0.